The van der Waals surface area contributed by atoms with Crippen molar-refractivity contribution >= 4 is 5.97 Å². The molecule has 1 N–H and O–H groups in total. The van der Waals surface area contributed by atoms with E-state index in [0.717, 1.165) is 0 Å². The van der Waals surface area contributed by atoms with Crippen molar-refractivity contribution in [1.29, 1.82) is 0 Å². The first kappa shape index (κ1) is 12.3. The predicted octanol–water partition coefficient (Wildman–Crippen LogP) is 1.73. The predicted molar refractivity (Wildman–Crippen MR) is 47.4 cm³/mol. The van der Waals surface area contributed by atoms with Crippen molar-refractivity contribution in [3.05, 3.63) is 0 Å². The minimum Gasteiger partial charge on any atom is -0.481 e. The Bertz CT molecular complexity index is 242. The highest BCUT2D eigenvalue weighted by Gasteiger charge is 2.40. The van der Waals surface area contributed by atoms with E-state index in [0.29, 0.717) is 12.8 Å². The Labute approximate surface area is 85.9 Å². The Balaban J connectivity index is 2.35. The lowest BCUT2D eigenvalue weighted by atomic mass is 9.78. The van der Waals surface area contributed by atoms with Gasteiger partial charge in [-0.25, -0.2) is 0 Å². The fourth-order valence-electron chi connectivity index (χ4n) is 1.77. The van der Waals surface area contributed by atoms with Gasteiger partial charge in [-0.2, -0.15) is 13.2 Å². The van der Waals surface area contributed by atoms with Gasteiger partial charge in [0.1, 0.15) is 0 Å². The third kappa shape index (κ3) is 3.37. The molecule has 2 atom stereocenters. The third-order valence-electron chi connectivity index (χ3n) is 2.87. The summed E-state index contributed by atoms with van der Waals surface area (Å²) < 4.78 is 35.7. The van der Waals surface area contributed by atoms with Gasteiger partial charge in [-0.3, -0.25) is 4.79 Å². The molecule has 0 aromatic heterocycles. The Morgan fingerprint density at radius 1 is 1.47 bits per heavy atom. The van der Waals surface area contributed by atoms with Crippen LogP contribution in [0.25, 0.3) is 0 Å². The summed E-state index contributed by atoms with van der Waals surface area (Å²) in [6.45, 7) is -0.127. The van der Waals surface area contributed by atoms with Gasteiger partial charge in [-0.05, 0) is 19.9 Å². The number of halogens is 3. The van der Waals surface area contributed by atoms with Gasteiger partial charge in [0, 0.05) is 12.6 Å². The van der Waals surface area contributed by atoms with E-state index in [4.69, 9.17) is 5.11 Å². The summed E-state index contributed by atoms with van der Waals surface area (Å²) in [4.78, 5) is 12.1. The molecule has 1 fully saturated rings. The number of hydrogen-bond donors (Lipinski definition) is 1. The van der Waals surface area contributed by atoms with Crippen molar-refractivity contribution in [1.82, 2.24) is 4.90 Å². The largest absolute Gasteiger partial charge is 0.481 e. The van der Waals surface area contributed by atoms with Crippen molar-refractivity contribution < 1.29 is 23.1 Å². The molecule has 0 spiro atoms. The number of aliphatic carboxylic acids is 1. The molecular weight excluding hydrogens is 211 g/mol. The maximum absolute atomic E-state index is 11.9. The van der Waals surface area contributed by atoms with Crippen LogP contribution in [-0.2, 0) is 4.79 Å². The van der Waals surface area contributed by atoms with Crippen molar-refractivity contribution in [3.8, 4) is 0 Å². The molecule has 3 nitrogen and oxygen atoms in total. The lowest BCUT2D eigenvalue weighted by Crippen LogP contribution is -2.49. The van der Waals surface area contributed by atoms with Crippen LogP contribution in [0.2, 0.25) is 0 Å². The fourth-order valence-corrected chi connectivity index (χ4v) is 1.77. The van der Waals surface area contributed by atoms with Gasteiger partial charge in [0.15, 0.2) is 0 Å². The maximum atomic E-state index is 11.9. The van der Waals surface area contributed by atoms with Crippen molar-refractivity contribution in [2.45, 2.75) is 31.5 Å². The van der Waals surface area contributed by atoms with Gasteiger partial charge >= 0.3 is 12.1 Å². The first-order valence-electron chi connectivity index (χ1n) is 4.81. The number of rotatable bonds is 4. The number of hydrogen-bond acceptors (Lipinski definition) is 2. The van der Waals surface area contributed by atoms with Crippen LogP contribution in [-0.4, -0.2) is 41.8 Å². The lowest BCUT2D eigenvalue weighted by Gasteiger charge is -2.40. The van der Waals surface area contributed by atoms with Crippen LogP contribution in [0.3, 0.4) is 0 Å². The molecule has 1 rings (SSSR count). The number of nitrogens with zero attached hydrogens (tertiary/aromatic N) is 1. The zero-order valence-electron chi connectivity index (χ0n) is 8.42. The van der Waals surface area contributed by atoms with E-state index >= 15 is 0 Å². The van der Waals surface area contributed by atoms with Crippen molar-refractivity contribution in [3.63, 3.8) is 0 Å². The third-order valence-corrected chi connectivity index (χ3v) is 2.87. The second-order valence-electron chi connectivity index (χ2n) is 3.94. The normalized spacial score (nSPS) is 26.5. The molecule has 88 valence electrons. The Morgan fingerprint density at radius 3 is 2.40 bits per heavy atom. The van der Waals surface area contributed by atoms with Crippen LogP contribution in [0.1, 0.15) is 19.3 Å². The number of alkyl halides is 3. The SMILES string of the molecule is CN(CCC(F)(F)F)C1CCC1C(=O)O. The molecule has 0 heterocycles. The summed E-state index contributed by atoms with van der Waals surface area (Å²) in [5.41, 5.74) is 0. The number of carboxylic acids is 1. The average Bonchev–Trinajstić information content (AvgIpc) is 1.96. The van der Waals surface area contributed by atoms with Crippen molar-refractivity contribution in [2.75, 3.05) is 13.6 Å². The average molecular weight is 225 g/mol. The highest BCUT2D eigenvalue weighted by atomic mass is 19.4. The molecule has 1 aliphatic carbocycles. The minimum absolute atomic E-state index is 0.127. The van der Waals surface area contributed by atoms with E-state index in [2.05, 4.69) is 0 Å². The van der Waals surface area contributed by atoms with E-state index in [9.17, 15) is 18.0 Å². The first-order valence-corrected chi connectivity index (χ1v) is 4.81. The second-order valence-corrected chi connectivity index (χ2v) is 3.94. The van der Waals surface area contributed by atoms with Crippen LogP contribution in [0.4, 0.5) is 13.2 Å². The van der Waals surface area contributed by atoms with Crippen LogP contribution in [0.5, 0.6) is 0 Å². The first-order chi connectivity index (χ1) is 6.81. The summed E-state index contributed by atoms with van der Waals surface area (Å²) >= 11 is 0. The molecular formula is C9H14F3NO2. The van der Waals surface area contributed by atoms with Gasteiger partial charge < -0.3 is 10.0 Å². The molecule has 6 heteroatoms. The molecule has 0 radical (unpaired) electrons. The van der Waals surface area contributed by atoms with E-state index < -0.39 is 24.5 Å². The molecule has 1 saturated carbocycles. The Hall–Kier alpha value is -0.780. The quantitative estimate of drug-likeness (QED) is 0.792. The van der Waals surface area contributed by atoms with Gasteiger partial charge in [0.25, 0.3) is 0 Å². The smallest absolute Gasteiger partial charge is 0.390 e. The van der Waals surface area contributed by atoms with Gasteiger partial charge in [-0.1, -0.05) is 0 Å². The Kier molecular flexibility index (Phi) is 3.59. The van der Waals surface area contributed by atoms with Gasteiger partial charge in [0.05, 0.1) is 12.3 Å². The molecule has 0 aromatic carbocycles. The summed E-state index contributed by atoms with van der Waals surface area (Å²) in [5, 5.41) is 8.73. The molecule has 0 aromatic rings. The highest BCUT2D eigenvalue weighted by molar-refractivity contribution is 5.72. The molecule has 15 heavy (non-hydrogen) atoms. The zero-order valence-corrected chi connectivity index (χ0v) is 8.42. The monoisotopic (exact) mass is 225 g/mol. The molecule has 1 aliphatic rings. The zero-order chi connectivity index (χ0) is 11.6. The fraction of sp³-hybridized carbons (Fsp3) is 0.889. The molecule has 0 aliphatic heterocycles. The van der Waals surface area contributed by atoms with Crippen LogP contribution >= 0.6 is 0 Å². The van der Waals surface area contributed by atoms with Crippen LogP contribution in [0, 0.1) is 5.92 Å². The molecule has 2 unspecified atom stereocenters. The van der Waals surface area contributed by atoms with E-state index in [1.807, 2.05) is 0 Å². The lowest BCUT2D eigenvalue weighted by molar-refractivity contribution is -0.151. The van der Waals surface area contributed by atoms with E-state index in [1.54, 1.807) is 7.05 Å². The summed E-state index contributed by atoms with van der Waals surface area (Å²) in [5.74, 6) is -1.41. The van der Waals surface area contributed by atoms with Gasteiger partial charge in [0.2, 0.25) is 0 Å². The number of carbonyl (C=O) groups is 1. The maximum Gasteiger partial charge on any atom is 0.390 e. The molecule has 0 amide bonds. The summed E-state index contributed by atoms with van der Waals surface area (Å²) in [7, 11) is 1.55. The second kappa shape index (κ2) is 4.38. The van der Waals surface area contributed by atoms with Gasteiger partial charge in [-0.15, -0.1) is 0 Å². The van der Waals surface area contributed by atoms with E-state index in [1.165, 1.54) is 4.90 Å². The topological polar surface area (TPSA) is 40.5 Å². The molecule has 0 bridgehead atoms. The van der Waals surface area contributed by atoms with Crippen LogP contribution in [0.15, 0.2) is 0 Å². The van der Waals surface area contributed by atoms with Crippen LogP contribution < -0.4 is 0 Å². The van der Waals surface area contributed by atoms with Crippen molar-refractivity contribution in [2.24, 2.45) is 5.92 Å². The summed E-state index contributed by atoms with van der Waals surface area (Å²) in [6.07, 6.45) is -3.81. The standard InChI is InChI=1S/C9H14F3NO2/c1-13(5-4-9(10,11)12)7-3-2-6(7)8(14)15/h6-7H,2-5H2,1H3,(H,14,15). The minimum atomic E-state index is -4.17. The Morgan fingerprint density at radius 2 is 2.07 bits per heavy atom. The highest BCUT2D eigenvalue weighted by Crippen LogP contribution is 2.32. The number of carboxylic acid groups (broad SMARTS) is 1. The molecule has 0 saturated heterocycles. The van der Waals surface area contributed by atoms with E-state index in [-0.39, 0.29) is 12.6 Å². The summed E-state index contributed by atoms with van der Waals surface area (Å²) in [6, 6.07) is -0.232.